The number of fused-ring (bicyclic) bond motifs is 1. The molecule has 2 aliphatic rings. The molecule has 1 aromatic rings. The van der Waals surface area contributed by atoms with E-state index in [1.807, 2.05) is 12.1 Å². The zero-order valence-electron chi connectivity index (χ0n) is 11.1. The lowest BCUT2D eigenvalue weighted by molar-refractivity contribution is 0.227. The number of anilines is 1. The number of rotatable bonds is 1. The first-order valence-electron chi connectivity index (χ1n) is 6.80. The summed E-state index contributed by atoms with van der Waals surface area (Å²) in [5, 5.41) is 3.64. The summed E-state index contributed by atoms with van der Waals surface area (Å²) in [5.41, 5.74) is 1.56. The van der Waals surface area contributed by atoms with Crippen LogP contribution in [0.1, 0.15) is 20.3 Å². The molecule has 1 aromatic carbocycles. The summed E-state index contributed by atoms with van der Waals surface area (Å²) < 4.78 is 12.9. The van der Waals surface area contributed by atoms with Crippen LogP contribution < -0.4 is 10.2 Å². The van der Waals surface area contributed by atoms with Crippen molar-refractivity contribution in [1.29, 1.82) is 0 Å². The molecule has 0 spiro atoms. The molecule has 2 aliphatic heterocycles. The van der Waals surface area contributed by atoms with E-state index in [-0.39, 0.29) is 5.82 Å². The number of halogens is 1. The molecule has 18 heavy (non-hydrogen) atoms. The molecule has 0 amide bonds. The quantitative estimate of drug-likeness (QED) is 0.822. The zero-order chi connectivity index (χ0) is 12.8. The van der Waals surface area contributed by atoms with Gasteiger partial charge in [0.15, 0.2) is 0 Å². The average Bonchev–Trinajstić information content (AvgIpc) is 2.66. The molecule has 0 aromatic heterocycles. The van der Waals surface area contributed by atoms with Crippen LogP contribution in [0.3, 0.4) is 0 Å². The monoisotopic (exact) mass is 248 g/mol. The fourth-order valence-electron chi connectivity index (χ4n) is 3.51. The number of nitrogens with zero attached hydrogens (tertiary/aromatic N) is 1. The van der Waals surface area contributed by atoms with Crippen molar-refractivity contribution in [2.24, 2.45) is 11.3 Å². The van der Waals surface area contributed by atoms with Gasteiger partial charge in [-0.2, -0.15) is 0 Å². The molecule has 0 bridgehead atoms. The molecule has 3 heteroatoms. The van der Waals surface area contributed by atoms with E-state index in [1.54, 1.807) is 12.1 Å². The summed E-state index contributed by atoms with van der Waals surface area (Å²) >= 11 is 0. The first kappa shape index (κ1) is 12.0. The van der Waals surface area contributed by atoms with E-state index in [1.165, 1.54) is 6.42 Å². The molecular formula is C15H21FN2. The molecule has 0 aliphatic carbocycles. The smallest absolute Gasteiger partial charge is 0.123 e. The van der Waals surface area contributed by atoms with E-state index in [4.69, 9.17) is 0 Å². The Morgan fingerprint density at radius 2 is 2.00 bits per heavy atom. The molecule has 2 unspecified atom stereocenters. The van der Waals surface area contributed by atoms with E-state index in [9.17, 15) is 4.39 Å². The predicted molar refractivity (Wildman–Crippen MR) is 72.3 cm³/mol. The molecule has 0 radical (unpaired) electrons. The normalized spacial score (nSPS) is 30.3. The van der Waals surface area contributed by atoms with Gasteiger partial charge >= 0.3 is 0 Å². The van der Waals surface area contributed by atoms with Crippen LogP contribution in [0.25, 0.3) is 0 Å². The number of hydrogen-bond donors (Lipinski definition) is 1. The van der Waals surface area contributed by atoms with E-state index < -0.39 is 0 Å². The Balaban J connectivity index is 1.74. The number of hydrogen-bond acceptors (Lipinski definition) is 2. The van der Waals surface area contributed by atoms with Crippen LogP contribution in [0.2, 0.25) is 0 Å². The lowest BCUT2D eigenvalue weighted by atomic mass is 9.75. The summed E-state index contributed by atoms with van der Waals surface area (Å²) in [4.78, 5) is 2.37. The highest BCUT2D eigenvalue weighted by atomic mass is 19.1. The van der Waals surface area contributed by atoms with Gasteiger partial charge in [-0.15, -0.1) is 0 Å². The molecule has 2 heterocycles. The predicted octanol–water partition coefficient (Wildman–Crippen LogP) is 2.65. The van der Waals surface area contributed by atoms with Crippen molar-refractivity contribution in [3.05, 3.63) is 30.1 Å². The van der Waals surface area contributed by atoms with Gasteiger partial charge in [0, 0.05) is 31.4 Å². The van der Waals surface area contributed by atoms with Crippen LogP contribution in [-0.2, 0) is 0 Å². The van der Waals surface area contributed by atoms with Gasteiger partial charge in [-0.25, -0.2) is 4.39 Å². The second kappa shape index (κ2) is 4.23. The van der Waals surface area contributed by atoms with Gasteiger partial charge in [0.2, 0.25) is 0 Å². The minimum Gasteiger partial charge on any atom is -0.370 e. The molecule has 3 rings (SSSR count). The number of nitrogens with one attached hydrogen (secondary N) is 1. The summed E-state index contributed by atoms with van der Waals surface area (Å²) in [5.74, 6) is 0.614. The van der Waals surface area contributed by atoms with Gasteiger partial charge in [0.1, 0.15) is 5.82 Å². The Morgan fingerprint density at radius 3 is 2.72 bits per heavy atom. The Morgan fingerprint density at radius 1 is 1.28 bits per heavy atom. The Hall–Kier alpha value is -1.09. The van der Waals surface area contributed by atoms with Crippen LogP contribution in [0.15, 0.2) is 24.3 Å². The van der Waals surface area contributed by atoms with Gasteiger partial charge < -0.3 is 10.2 Å². The van der Waals surface area contributed by atoms with Crippen LogP contribution in [0, 0.1) is 17.2 Å². The first-order valence-corrected chi connectivity index (χ1v) is 6.80. The maximum Gasteiger partial charge on any atom is 0.123 e. The molecule has 98 valence electrons. The van der Waals surface area contributed by atoms with Gasteiger partial charge in [0.25, 0.3) is 0 Å². The highest BCUT2D eigenvalue weighted by Gasteiger charge is 2.44. The average molecular weight is 248 g/mol. The van der Waals surface area contributed by atoms with Crippen molar-refractivity contribution in [2.75, 3.05) is 24.5 Å². The van der Waals surface area contributed by atoms with Crippen LogP contribution >= 0.6 is 0 Å². The van der Waals surface area contributed by atoms with Gasteiger partial charge in [0.05, 0.1) is 0 Å². The molecule has 2 fully saturated rings. The van der Waals surface area contributed by atoms with Crippen molar-refractivity contribution in [3.63, 3.8) is 0 Å². The van der Waals surface area contributed by atoms with Crippen molar-refractivity contribution in [1.82, 2.24) is 5.32 Å². The van der Waals surface area contributed by atoms with Crippen molar-refractivity contribution in [3.8, 4) is 0 Å². The van der Waals surface area contributed by atoms with E-state index in [0.29, 0.717) is 11.5 Å². The van der Waals surface area contributed by atoms with Crippen molar-refractivity contribution >= 4 is 5.69 Å². The molecule has 1 N–H and O–H groups in total. The Bertz CT molecular complexity index is 427. The molecule has 0 saturated carbocycles. The molecule has 2 saturated heterocycles. The van der Waals surface area contributed by atoms with Crippen molar-refractivity contribution < 1.29 is 4.39 Å². The highest BCUT2D eigenvalue weighted by molar-refractivity contribution is 5.47. The lowest BCUT2D eigenvalue weighted by Crippen LogP contribution is -2.47. The van der Waals surface area contributed by atoms with Gasteiger partial charge in [-0.05, 0) is 42.0 Å². The second-order valence-electron chi connectivity index (χ2n) is 6.29. The minimum absolute atomic E-state index is 0.159. The number of benzene rings is 1. The van der Waals surface area contributed by atoms with Crippen LogP contribution in [-0.4, -0.2) is 25.7 Å². The third kappa shape index (κ3) is 2.01. The molecule has 2 nitrogen and oxygen atoms in total. The summed E-state index contributed by atoms with van der Waals surface area (Å²) in [6.07, 6.45) is 1.22. The van der Waals surface area contributed by atoms with E-state index in [2.05, 4.69) is 24.1 Å². The standard InChI is InChI=1S/C15H21FN2/c1-15(2)10-17-14-9-18(8-7-13(14)15)12-5-3-11(16)4-6-12/h3-6,13-14,17H,7-10H2,1-2H3. The summed E-state index contributed by atoms with van der Waals surface area (Å²) in [6.45, 7) is 7.95. The second-order valence-corrected chi connectivity index (χ2v) is 6.29. The maximum absolute atomic E-state index is 12.9. The largest absolute Gasteiger partial charge is 0.370 e. The third-order valence-corrected chi connectivity index (χ3v) is 4.63. The van der Waals surface area contributed by atoms with Crippen LogP contribution in [0.4, 0.5) is 10.1 Å². The van der Waals surface area contributed by atoms with E-state index >= 15 is 0 Å². The minimum atomic E-state index is -0.159. The summed E-state index contributed by atoms with van der Waals surface area (Å²) in [6, 6.07) is 7.45. The Kier molecular flexibility index (Phi) is 2.81. The molecule has 2 atom stereocenters. The third-order valence-electron chi connectivity index (χ3n) is 4.63. The van der Waals surface area contributed by atoms with Gasteiger partial charge in [-0.1, -0.05) is 13.8 Å². The fraction of sp³-hybridized carbons (Fsp3) is 0.600. The fourth-order valence-corrected chi connectivity index (χ4v) is 3.51. The van der Waals surface area contributed by atoms with Gasteiger partial charge in [-0.3, -0.25) is 0 Å². The zero-order valence-corrected chi connectivity index (χ0v) is 11.1. The van der Waals surface area contributed by atoms with E-state index in [0.717, 1.165) is 31.2 Å². The lowest BCUT2D eigenvalue weighted by Gasteiger charge is -2.40. The molecular weight excluding hydrogens is 227 g/mol. The topological polar surface area (TPSA) is 15.3 Å². The highest BCUT2D eigenvalue weighted by Crippen LogP contribution is 2.40. The van der Waals surface area contributed by atoms with Crippen molar-refractivity contribution in [2.45, 2.75) is 26.3 Å². The number of piperidine rings is 1. The first-order chi connectivity index (χ1) is 8.56. The van der Waals surface area contributed by atoms with Crippen LogP contribution in [0.5, 0.6) is 0 Å². The summed E-state index contributed by atoms with van der Waals surface area (Å²) in [7, 11) is 0. The SMILES string of the molecule is CC1(C)CNC2CN(c3ccc(F)cc3)CCC21. The Labute approximate surface area is 108 Å². The maximum atomic E-state index is 12.9.